The normalized spacial score (nSPS) is 38.2. The second-order valence-corrected chi connectivity index (χ2v) is 6.28. The SMILES string of the molecule is O=C1OC(=O)C2=C1C1C=C3C(=CC2C1)C1CC3C(=O)OC1=O. The lowest BCUT2D eigenvalue weighted by Crippen LogP contribution is -2.29. The van der Waals surface area contributed by atoms with E-state index in [2.05, 4.69) is 0 Å². The summed E-state index contributed by atoms with van der Waals surface area (Å²) in [7, 11) is 0. The summed E-state index contributed by atoms with van der Waals surface area (Å²) in [6, 6.07) is 0. The molecule has 22 heavy (non-hydrogen) atoms. The number of hydrogen-bond acceptors (Lipinski definition) is 6. The smallest absolute Gasteiger partial charge is 0.343 e. The Morgan fingerprint density at radius 1 is 0.727 bits per heavy atom. The van der Waals surface area contributed by atoms with Crippen LogP contribution in [0, 0.1) is 23.7 Å². The molecule has 0 aromatic carbocycles. The molecule has 0 amide bonds. The number of rotatable bonds is 0. The van der Waals surface area contributed by atoms with Crippen LogP contribution < -0.4 is 0 Å². The van der Waals surface area contributed by atoms with E-state index in [0.717, 1.165) is 11.1 Å². The van der Waals surface area contributed by atoms with E-state index in [4.69, 9.17) is 9.47 Å². The number of carbonyl (C=O) groups is 4. The van der Waals surface area contributed by atoms with Crippen molar-refractivity contribution in [1.82, 2.24) is 0 Å². The highest BCUT2D eigenvalue weighted by molar-refractivity contribution is 6.14. The molecule has 0 aromatic heterocycles. The second-order valence-electron chi connectivity index (χ2n) is 6.28. The van der Waals surface area contributed by atoms with Crippen LogP contribution in [-0.4, -0.2) is 23.9 Å². The van der Waals surface area contributed by atoms with Crippen molar-refractivity contribution in [2.75, 3.05) is 0 Å². The second kappa shape index (κ2) is 3.63. The van der Waals surface area contributed by atoms with Crippen molar-refractivity contribution in [1.29, 1.82) is 0 Å². The first-order chi connectivity index (χ1) is 10.5. The summed E-state index contributed by atoms with van der Waals surface area (Å²) >= 11 is 0. The number of carbonyl (C=O) groups excluding carboxylic acids is 4. The lowest BCUT2D eigenvalue weighted by atomic mass is 9.92. The lowest BCUT2D eigenvalue weighted by molar-refractivity contribution is -0.167. The van der Waals surface area contributed by atoms with Gasteiger partial charge in [-0.05, 0) is 24.0 Å². The van der Waals surface area contributed by atoms with Gasteiger partial charge in [0.05, 0.1) is 23.0 Å². The van der Waals surface area contributed by atoms with Crippen LogP contribution in [0.2, 0.25) is 0 Å². The number of cyclic esters (lactones) is 4. The predicted octanol–water partition coefficient (Wildman–Crippen LogP) is 0.588. The molecule has 1 saturated carbocycles. The van der Waals surface area contributed by atoms with Crippen LogP contribution in [0.3, 0.4) is 0 Å². The largest absolute Gasteiger partial charge is 0.392 e. The van der Waals surface area contributed by atoms with Gasteiger partial charge in [-0.3, -0.25) is 9.59 Å². The predicted molar refractivity (Wildman–Crippen MR) is 68.6 cm³/mol. The molecule has 110 valence electrons. The van der Waals surface area contributed by atoms with E-state index in [9.17, 15) is 19.2 Å². The first-order valence-corrected chi connectivity index (χ1v) is 7.24. The van der Waals surface area contributed by atoms with Crippen LogP contribution in [-0.2, 0) is 28.7 Å². The van der Waals surface area contributed by atoms with Crippen molar-refractivity contribution >= 4 is 23.9 Å². The molecular formula is C16H10O6. The molecule has 1 saturated heterocycles. The molecule has 4 atom stereocenters. The summed E-state index contributed by atoms with van der Waals surface area (Å²) in [6.45, 7) is 0. The molecular weight excluding hydrogens is 288 g/mol. The minimum Gasteiger partial charge on any atom is -0.392 e. The van der Waals surface area contributed by atoms with Crippen molar-refractivity contribution in [3.63, 3.8) is 0 Å². The highest BCUT2D eigenvalue weighted by Crippen LogP contribution is 2.53. The minimum absolute atomic E-state index is 0.232. The number of ether oxygens (including phenoxy) is 2. The molecule has 6 nitrogen and oxygen atoms in total. The average molecular weight is 298 g/mol. The molecule has 2 heterocycles. The Balaban J connectivity index is 1.71. The van der Waals surface area contributed by atoms with Crippen LogP contribution in [0.1, 0.15) is 12.8 Å². The quantitative estimate of drug-likeness (QED) is 0.480. The molecule has 2 fully saturated rings. The fourth-order valence-corrected chi connectivity index (χ4v) is 4.37. The van der Waals surface area contributed by atoms with E-state index in [1.165, 1.54) is 0 Å². The monoisotopic (exact) mass is 298 g/mol. The van der Waals surface area contributed by atoms with Gasteiger partial charge >= 0.3 is 23.9 Å². The van der Waals surface area contributed by atoms with E-state index < -0.39 is 35.7 Å². The van der Waals surface area contributed by atoms with E-state index in [0.29, 0.717) is 24.0 Å². The van der Waals surface area contributed by atoms with Crippen molar-refractivity contribution < 1.29 is 28.7 Å². The Hall–Kier alpha value is -2.50. The van der Waals surface area contributed by atoms with E-state index in [-0.39, 0.29) is 11.8 Å². The summed E-state index contributed by atoms with van der Waals surface area (Å²) < 4.78 is 9.51. The topological polar surface area (TPSA) is 86.7 Å². The van der Waals surface area contributed by atoms with Gasteiger partial charge in [0.1, 0.15) is 0 Å². The van der Waals surface area contributed by atoms with E-state index in [1.807, 2.05) is 12.2 Å². The van der Waals surface area contributed by atoms with Crippen LogP contribution in [0.25, 0.3) is 0 Å². The summed E-state index contributed by atoms with van der Waals surface area (Å²) in [6.07, 6.45) is 4.76. The first-order valence-electron chi connectivity index (χ1n) is 7.24. The van der Waals surface area contributed by atoms with Crippen LogP contribution in [0.15, 0.2) is 34.4 Å². The maximum atomic E-state index is 11.9. The third kappa shape index (κ3) is 1.26. The molecule has 6 heteroatoms. The number of esters is 4. The molecule has 0 aromatic rings. The molecule has 4 unspecified atom stereocenters. The van der Waals surface area contributed by atoms with E-state index in [1.54, 1.807) is 0 Å². The van der Waals surface area contributed by atoms with Crippen molar-refractivity contribution in [2.45, 2.75) is 12.8 Å². The number of allylic oxidation sites excluding steroid dienone is 2. The maximum absolute atomic E-state index is 11.9. The van der Waals surface area contributed by atoms with Gasteiger partial charge < -0.3 is 9.47 Å². The number of fused-ring (bicyclic) bond motifs is 9. The van der Waals surface area contributed by atoms with Gasteiger partial charge in [0.15, 0.2) is 0 Å². The Kier molecular flexibility index (Phi) is 1.99. The summed E-state index contributed by atoms with van der Waals surface area (Å²) in [5.74, 6) is -3.55. The third-order valence-corrected chi connectivity index (χ3v) is 5.25. The van der Waals surface area contributed by atoms with Gasteiger partial charge in [0.2, 0.25) is 0 Å². The minimum atomic E-state index is -0.583. The van der Waals surface area contributed by atoms with Crippen molar-refractivity contribution in [3.05, 3.63) is 34.4 Å². The maximum Gasteiger partial charge on any atom is 0.343 e. The lowest BCUT2D eigenvalue weighted by Gasteiger charge is -2.16. The highest BCUT2D eigenvalue weighted by Gasteiger charge is 2.53. The van der Waals surface area contributed by atoms with Gasteiger partial charge in [0, 0.05) is 11.8 Å². The zero-order chi connectivity index (χ0) is 15.2. The van der Waals surface area contributed by atoms with Gasteiger partial charge in [-0.2, -0.15) is 0 Å². The molecule has 0 spiro atoms. The Labute approximate surface area is 124 Å². The molecule has 5 rings (SSSR count). The van der Waals surface area contributed by atoms with Crippen molar-refractivity contribution in [3.8, 4) is 0 Å². The standard InChI is InChI=1S/C16H10O6/c17-13-9-4-10(14(18)21-13)8-3-6-1-5(2-7(8)9)11-12(6)16(20)22-15(11)19/h2-3,5-6,9-10H,1,4H2. The van der Waals surface area contributed by atoms with Crippen molar-refractivity contribution in [2.24, 2.45) is 23.7 Å². The summed E-state index contributed by atoms with van der Waals surface area (Å²) in [5, 5.41) is 0. The van der Waals surface area contributed by atoms with Gasteiger partial charge in [-0.1, -0.05) is 12.2 Å². The van der Waals surface area contributed by atoms with Crippen LogP contribution in [0.4, 0.5) is 0 Å². The van der Waals surface area contributed by atoms with Crippen LogP contribution in [0.5, 0.6) is 0 Å². The Morgan fingerprint density at radius 3 is 1.73 bits per heavy atom. The molecule has 5 aliphatic rings. The van der Waals surface area contributed by atoms with Gasteiger partial charge in [0.25, 0.3) is 0 Å². The zero-order valence-electron chi connectivity index (χ0n) is 11.3. The van der Waals surface area contributed by atoms with Gasteiger partial charge in [-0.25, -0.2) is 9.59 Å². The average Bonchev–Trinajstić information content (AvgIpc) is 2.99. The molecule has 0 N–H and O–H groups in total. The first kappa shape index (κ1) is 12.1. The highest BCUT2D eigenvalue weighted by atomic mass is 16.6. The van der Waals surface area contributed by atoms with Gasteiger partial charge in [-0.15, -0.1) is 0 Å². The number of hydrogen-bond donors (Lipinski definition) is 0. The fraction of sp³-hybridized carbons (Fsp3) is 0.375. The summed E-state index contributed by atoms with van der Waals surface area (Å²) in [4.78, 5) is 47.5. The Morgan fingerprint density at radius 2 is 1.23 bits per heavy atom. The third-order valence-electron chi connectivity index (χ3n) is 5.25. The van der Waals surface area contributed by atoms with Crippen LogP contribution >= 0.6 is 0 Å². The zero-order valence-corrected chi connectivity index (χ0v) is 11.3. The summed E-state index contributed by atoms with van der Waals surface area (Å²) in [5.41, 5.74) is 2.40. The molecule has 3 aliphatic carbocycles. The van der Waals surface area contributed by atoms with E-state index >= 15 is 0 Å². The molecule has 0 radical (unpaired) electrons. The molecule has 4 bridgehead atoms. The fourth-order valence-electron chi connectivity index (χ4n) is 4.37. The molecule has 2 aliphatic heterocycles. The Bertz CT molecular complexity index is 733.